The van der Waals surface area contributed by atoms with Crippen molar-refractivity contribution in [1.29, 1.82) is 0 Å². The minimum atomic E-state index is -0.220. The fourth-order valence-electron chi connectivity index (χ4n) is 1.88. The van der Waals surface area contributed by atoms with Gasteiger partial charge in [0.2, 0.25) is 23.6 Å². The van der Waals surface area contributed by atoms with Crippen molar-refractivity contribution in [3.8, 4) is 0 Å². The number of nitrogens with zero attached hydrogens (tertiary/aromatic N) is 5. The van der Waals surface area contributed by atoms with Gasteiger partial charge in [-0.1, -0.05) is 23.4 Å². The molecule has 0 aliphatic rings. The van der Waals surface area contributed by atoms with Gasteiger partial charge < -0.3 is 21.6 Å². The van der Waals surface area contributed by atoms with E-state index in [1.165, 1.54) is 0 Å². The monoisotopic (exact) mass is 287 g/mol. The smallest absolute Gasteiger partial charge is 0.235 e. The van der Waals surface area contributed by atoms with Crippen LogP contribution in [0.3, 0.4) is 0 Å². The maximum atomic E-state index is 8.74. The number of nitrogen functional groups attached to an aromatic ring is 1. The van der Waals surface area contributed by atoms with Gasteiger partial charge in [-0.3, -0.25) is 0 Å². The summed E-state index contributed by atoms with van der Waals surface area (Å²) in [6, 6.07) is 9.70. The van der Waals surface area contributed by atoms with E-state index in [1.54, 1.807) is 0 Å². The molecule has 0 radical (unpaired) electrons. The highest BCUT2D eigenvalue weighted by atomic mass is 16.4. The van der Waals surface area contributed by atoms with Crippen LogP contribution in [-0.2, 0) is 0 Å². The Kier molecular flexibility index (Phi) is 4.17. The van der Waals surface area contributed by atoms with Gasteiger partial charge in [-0.25, -0.2) is 0 Å². The molecule has 0 aliphatic heterocycles. The van der Waals surface area contributed by atoms with Crippen molar-refractivity contribution >= 4 is 23.4 Å². The number of anilines is 3. The van der Waals surface area contributed by atoms with Crippen LogP contribution in [0, 0.1) is 0 Å². The topological polar surface area (TPSA) is 127 Å². The van der Waals surface area contributed by atoms with Crippen molar-refractivity contribution in [3.63, 3.8) is 0 Å². The second kappa shape index (κ2) is 6.04. The molecule has 21 heavy (non-hydrogen) atoms. The van der Waals surface area contributed by atoms with Gasteiger partial charge in [0.05, 0.1) is 0 Å². The highest BCUT2D eigenvalue weighted by Gasteiger charge is 2.18. The number of hydrogen-bond donors (Lipinski definition) is 3. The Hall–Kier alpha value is -2.90. The van der Waals surface area contributed by atoms with Crippen molar-refractivity contribution in [1.82, 2.24) is 15.0 Å². The van der Waals surface area contributed by atoms with E-state index in [9.17, 15) is 0 Å². The number of amidine groups is 1. The third-order valence-electron chi connectivity index (χ3n) is 2.74. The van der Waals surface area contributed by atoms with Crippen LogP contribution in [0.15, 0.2) is 35.5 Å². The van der Waals surface area contributed by atoms with Crippen molar-refractivity contribution in [2.24, 2.45) is 10.9 Å². The van der Waals surface area contributed by atoms with E-state index in [0.717, 1.165) is 5.69 Å². The SMILES string of the molecule is CC(C)N(c1ccccc1)c1nc(N)nc(/C(N)=N/O)n1. The molecule has 2 rings (SSSR count). The molecular weight excluding hydrogens is 270 g/mol. The zero-order valence-electron chi connectivity index (χ0n) is 11.8. The number of aromatic nitrogens is 3. The van der Waals surface area contributed by atoms with Crippen molar-refractivity contribution in [2.45, 2.75) is 19.9 Å². The van der Waals surface area contributed by atoms with Gasteiger partial charge in [0.15, 0.2) is 0 Å². The first-order chi connectivity index (χ1) is 10.0. The molecule has 8 heteroatoms. The zero-order chi connectivity index (χ0) is 15.4. The molecule has 0 atom stereocenters. The van der Waals surface area contributed by atoms with Gasteiger partial charge in [-0.05, 0) is 26.0 Å². The van der Waals surface area contributed by atoms with Crippen LogP contribution in [0.5, 0.6) is 0 Å². The summed E-state index contributed by atoms with van der Waals surface area (Å²) in [5.41, 5.74) is 12.1. The molecule has 5 N–H and O–H groups in total. The second-order valence-electron chi connectivity index (χ2n) is 4.60. The van der Waals surface area contributed by atoms with Crippen molar-refractivity contribution in [3.05, 3.63) is 36.2 Å². The number of hydrogen-bond acceptors (Lipinski definition) is 7. The Morgan fingerprint density at radius 2 is 1.86 bits per heavy atom. The van der Waals surface area contributed by atoms with Crippen molar-refractivity contribution in [2.75, 3.05) is 10.6 Å². The largest absolute Gasteiger partial charge is 0.409 e. The van der Waals surface area contributed by atoms with Crippen LogP contribution in [-0.4, -0.2) is 32.0 Å². The average molecular weight is 287 g/mol. The van der Waals surface area contributed by atoms with Crippen LogP contribution in [0.4, 0.5) is 17.6 Å². The van der Waals surface area contributed by atoms with Crippen molar-refractivity contribution < 1.29 is 5.21 Å². The lowest BCUT2D eigenvalue weighted by Crippen LogP contribution is -2.29. The molecule has 0 unspecified atom stereocenters. The molecule has 1 aromatic carbocycles. The Labute approximate surface area is 122 Å². The number of oxime groups is 1. The fourth-order valence-corrected chi connectivity index (χ4v) is 1.88. The molecule has 0 amide bonds. The molecular formula is C13H17N7O. The Bertz CT molecular complexity index is 642. The third kappa shape index (κ3) is 3.16. The quantitative estimate of drug-likeness (QED) is 0.332. The summed E-state index contributed by atoms with van der Waals surface area (Å²) in [6.45, 7) is 3.99. The lowest BCUT2D eigenvalue weighted by molar-refractivity contribution is 0.318. The molecule has 0 aliphatic carbocycles. The Morgan fingerprint density at radius 3 is 2.43 bits per heavy atom. The first-order valence-electron chi connectivity index (χ1n) is 6.36. The summed E-state index contributed by atoms with van der Waals surface area (Å²) in [7, 11) is 0. The molecule has 0 spiro atoms. The second-order valence-corrected chi connectivity index (χ2v) is 4.60. The molecule has 0 saturated carbocycles. The molecule has 0 bridgehead atoms. The van der Waals surface area contributed by atoms with Gasteiger partial charge in [-0.15, -0.1) is 0 Å². The van der Waals surface area contributed by atoms with Gasteiger partial charge >= 0.3 is 0 Å². The Morgan fingerprint density at radius 1 is 1.19 bits per heavy atom. The van der Waals surface area contributed by atoms with Crippen LogP contribution < -0.4 is 16.4 Å². The van der Waals surface area contributed by atoms with Crippen LogP contribution in [0.2, 0.25) is 0 Å². The van der Waals surface area contributed by atoms with E-state index >= 15 is 0 Å². The standard InChI is InChI=1S/C13H17N7O/c1-8(2)20(9-6-4-3-5-7-9)13-17-11(10(14)19-21)16-12(15)18-13/h3-8,21H,1-2H3,(H2,14,19)(H2,15,16,17,18). The first kappa shape index (κ1) is 14.5. The summed E-state index contributed by atoms with van der Waals surface area (Å²) in [6.07, 6.45) is 0. The molecule has 110 valence electrons. The summed E-state index contributed by atoms with van der Waals surface area (Å²) in [4.78, 5) is 14.1. The maximum absolute atomic E-state index is 8.74. The highest BCUT2D eigenvalue weighted by molar-refractivity contribution is 5.93. The van der Waals surface area contributed by atoms with Gasteiger partial charge in [0, 0.05) is 11.7 Å². The molecule has 1 aromatic heterocycles. The van der Waals surface area contributed by atoms with Gasteiger partial charge in [-0.2, -0.15) is 15.0 Å². The maximum Gasteiger partial charge on any atom is 0.235 e. The fraction of sp³-hybridized carbons (Fsp3) is 0.231. The zero-order valence-corrected chi connectivity index (χ0v) is 11.8. The lowest BCUT2D eigenvalue weighted by atomic mass is 10.2. The minimum Gasteiger partial charge on any atom is -0.409 e. The molecule has 1 heterocycles. The normalized spacial score (nSPS) is 11.7. The summed E-state index contributed by atoms with van der Waals surface area (Å²) < 4.78 is 0. The number of benzene rings is 1. The van der Waals surface area contributed by atoms with Gasteiger partial charge in [0.25, 0.3) is 0 Å². The van der Waals surface area contributed by atoms with Crippen LogP contribution >= 0.6 is 0 Å². The lowest BCUT2D eigenvalue weighted by Gasteiger charge is -2.26. The molecule has 0 saturated heterocycles. The summed E-state index contributed by atoms with van der Waals surface area (Å²) >= 11 is 0. The van der Waals surface area contributed by atoms with E-state index < -0.39 is 0 Å². The number of nitrogens with two attached hydrogens (primary N) is 2. The van der Waals surface area contributed by atoms with E-state index in [4.69, 9.17) is 16.7 Å². The molecule has 2 aromatic rings. The number of rotatable bonds is 4. The minimum absolute atomic E-state index is 0.00295. The van der Waals surface area contributed by atoms with Crippen LogP contribution in [0.1, 0.15) is 19.7 Å². The average Bonchev–Trinajstić information content (AvgIpc) is 2.46. The number of para-hydroxylation sites is 1. The predicted molar refractivity (Wildman–Crippen MR) is 80.5 cm³/mol. The van der Waals surface area contributed by atoms with E-state index in [2.05, 4.69) is 20.1 Å². The van der Waals surface area contributed by atoms with E-state index in [1.807, 2.05) is 49.1 Å². The highest BCUT2D eigenvalue weighted by Crippen LogP contribution is 2.24. The summed E-state index contributed by atoms with van der Waals surface area (Å²) in [5.74, 6) is 0.150. The predicted octanol–water partition coefficient (Wildman–Crippen LogP) is 1.09. The van der Waals surface area contributed by atoms with Gasteiger partial charge in [0.1, 0.15) is 0 Å². The molecule has 8 nitrogen and oxygen atoms in total. The summed E-state index contributed by atoms with van der Waals surface area (Å²) in [5, 5.41) is 11.6. The van der Waals surface area contributed by atoms with E-state index in [-0.39, 0.29) is 23.7 Å². The van der Waals surface area contributed by atoms with Crippen LogP contribution in [0.25, 0.3) is 0 Å². The third-order valence-corrected chi connectivity index (χ3v) is 2.74. The Balaban J connectivity index is 2.54. The first-order valence-corrected chi connectivity index (χ1v) is 6.36. The molecule has 0 fully saturated rings. The van der Waals surface area contributed by atoms with E-state index in [0.29, 0.717) is 5.95 Å².